The molecule has 1 atom stereocenters. The van der Waals surface area contributed by atoms with Crippen molar-refractivity contribution >= 4 is 11.9 Å². The third kappa shape index (κ3) is 5.76. The Labute approximate surface area is 211 Å². The monoisotopic (exact) mass is 489 g/mol. The van der Waals surface area contributed by atoms with Gasteiger partial charge in [0.2, 0.25) is 5.91 Å². The molecule has 0 aliphatic carbocycles. The van der Waals surface area contributed by atoms with E-state index in [9.17, 15) is 19.1 Å². The number of aliphatic carboxylic acids is 1. The minimum Gasteiger partial charge on any atom is -0.490 e. The molecule has 0 bridgehead atoms. The number of hydrogen-bond acceptors (Lipinski definition) is 3. The Balaban J connectivity index is 1.68. The summed E-state index contributed by atoms with van der Waals surface area (Å²) in [6.45, 7) is 6.64. The van der Waals surface area contributed by atoms with Gasteiger partial charge in [-0.3, -0.25) is 9.59 Å². The molecule has 0 aromatic heterocycles. The number of nitrogens with zero attached hydrogens (tertiary/aromatic N) is 1. The smallest absolute Gasteiger partial charge is 0.307 e. The standard InChI is InChI=1S/C30H32FNO4/c1-19(2)36-28-12-9-21(17-30(34)35)16-25(28)23-10-11-27(31)24-13-14-32(18-26(23)24)29(33)15-20(3)22-7-5-4-6-8-22/h4-12,16,19-20H,13-15,17-18H2,1-3H3,(H,34,35). The lowest BCUT2D eigenvalue weighted by Gasteiger charge is -2.32. The number of carbonyl (C=O) groups excluding carboxylic acids is 1. The Morgan fingerprint density at radius 1 is 1.00 bits per heavy atom. The molecule has 0 fully saturated rings. The van der Waals surface area contributed by atoms with E-state index >= 15 is 0 Å². The lowest BCUT2D eigenvalue weighted by atomic mass is 9.89. The van der Waals surface area contributed by atoms with E-state index in [0.717, 1.165) is 16.7 Å². The zero-order chi connectivity index (χ0) is 25.8. The molecule has 3 aromatic rings. The van der Waals surface area contributed by atoms with Gasteiger partial charge >= 0.3 is 5.97 Å². The first-order valence-corrected chi connectivity index (χ1v) is 12.4. The van der Waals surface area contributed by atoms with Gasteiger partial charge in [0.05, 0.1) is 12.5 Å². The molecule has 0 radical (unpaired) electrons. The molecular formula is C30H32FNO4. The number of carbonyl (C=O) groups is 2. The lowest BCUT2D eigenvalue weighted by molar-refractivity contribution is -0.136. The van der Waals surface area contributed by atoms with E-state index < -0.39 is 5.97 Å². The van der Waals surface area contributed by atoms with Crippen LogP contribution in [0.2, 0.25) is 0 Å². The van der Waals surface area contributed by atoms with Crippen LogP contribution in [-0.2, 0) is 29.0 Å². The molecule has 1 amide bonds. The first-order chi connectivity index (χ1) is 17.2. The highest BCUT2D eigenvalue weighted by atomic mass is 19.1. The first kappa shape index (κ1) is 25.4. The lowest BCUT2D eigenvalue weighted by Crippen LogP contribution is -2.37. The Kier molecular flexibility index (Phi) is 7.73. The molecule has 1 heterocycles. The average Bonchev–Trinajstić information content (AvgIpc) is 2.85. The highest BCUT2D eigenvalue weighted by Gasteiger charge is 2.27. The Bertz CT molecular complexity index is 1260. The molecular weight excluding hydrogens is 457 g/mol. The number of amides is 1. The summed E-state index contributed by atoms with van der Waals surface area (Å²) < 4.78 is 20.9. The maximum atomic E-state index is 14.9. The number of benzene rings is 3. The number of halogens is 1. The molecule has 5 nitrogen and oxygen atoms in total. The van der Waals surface area contributed by atoms with E-state index in [1.54, 1.807) is 29.2 Å². The molecule has 1 N–H and O–H groups in total. The van der Waals surface area contributed by atoms with Crippen LogP contribution in [0.1, 0.15) is 55.4 Å². The summed E-state index contributed by atoms with van der Waals surface area (Å²) in [7, 11) is 0. The SMILES string of the molecule is CC(C)Oc1ccc(CC(=O)O)cc1-c1ccc(F)c2c1CN(C(=O)CC(C)c1ccccc1)CC2. The predicted molar refractivity (Wildman–Crippen MR) is 138 cm³/mol. The third-order valence-corrected chi connectivity index (χ3v) is 6.61. The van der Waals surface area contributed by atoms with E-state index in [4.69, 9.17) is 4.74 Å². The topological polar surface area (TPSA) is 66.8 Å². The fourth-order valence-corrected chi connectivity index (χ4v) is 4.82. The average molecular weight is 490 g/mol. The summed E-state index contributed by atoms with van der Waals surface area (Å²) >= 11 is 0. The summed E-state index contributed by atoms with van der Waals surface area (Å²) in [5.74, 6) is -0.499. The fraction of sp³-hybridized carbons (Fsp3) is 0.333. The molecule has 4 rings (SSSR count). The third-order valence-electron chi connectivity index (χ3n) is 6.61. The van der Waals surface area contributed by atoms with Crippen molar-refractivity contribution in [3.05, 3.63) is 88.7 Å². The van der Waals surface area contributed by atoms with Gasteiger partial charge in [-0.1, -0.05) is 49.4 Å². The predicted octanol–water partition coefficient (Wildman–Crippen LogP) is 5.99. The minimum atomic E-state index is -0.927. The second-order valence-electron chi connectivity index (χ2n) is 9.70. The highest BCUT2D eigenvalue weighted by Crippen LogP contribution is 2.38. The molecule has 1 unspecified atom stereocenters. The molecule has 1 aliphatic rings. The summed E-state index contributed by atoms with van der Waals surface area (Å²) in [6.07, 6.45) is 0.582. The van der Waals surface area contributed by atoms with Crippen molar-refractivity contribution in [2.24, 2.45) is 0 Å². The second kappa shape index (κ2) is 10.9. The van der Waals surface area contributed by atoms with Gasteiger partial charge in [0, 0.05) is 25.1 Å². The van der Waals surface area contributed by atoms with Crippen molar-refractivity contribution < 1.29 is 23.8 Å². The van der Waals surface area contributed by atoms with Gasteiger partial charge in [-0.05, 0) is 72.2 Å². The van der Waals surface area contributed by atoms with Crippen LogP contribution in [0.5, 0.6) is 5.75 Å². The number of carboxylic acid groups (broad SMARTS) is 1. The fourth-order valence-electron chi connectivity index (χ4n) is 4.82. The summed E-state index contributed by atoms with van der Waals surface area (Å²) in [5.41, 5.74) is 4.58. The summed E-state index contributed by atoms with van der Waals surface area (Å²) in [6, 6.07) is 18.4. The first-order valence-electron chi connectivity index (χ1n) is 12.4. The van der Waals surface area contributed by atoms with Crippen molar-refractivity contribution in [1.82, 2.24) is 4.90 Å². The zero-order valence-corrected chi connectivity index (χ0v) is 21.0. The van der Waals surface area contributed by atoms with Crippen LogP contribution >= 0.6 is 0 Å². The van der Waals surface area contributed by atoms with Gasteiger partial charge in [0.25, 0.3) is 0 Å². The Morgan fingerprint density at radius 2 is 1.75 bits per heavy atom. The zero-order valence-electron chi connectivity index (χ0n) is 21.0. The normalized spacial score (nSPS) is 13.9. The van der Waals surface area contributed by atoms with E-state index in [2.05, 4.69) is 0 Å². The molecule has 6 heteroatoms. The van der Waals surface area contributed by atoms with Crippen molar-refractivity contribution in [3.8, 4) is 16.9 Å². The van der Waals surface area contributed by atoms with Crippen LogP contribution < -0.4 is 4.74 Å². The van der Waals surface area contributed by atoms with Gasteiger partial charge in [-0.15, -0.1) is 0 Å². The Hall–Kier alpha value is -3.67. The molecule has 0 spiro atoms. The molecule has 0 saturated heterocycles. The van der Waals surface area contributed by atoms with Gasteiger partial charge in [-0.25, -0.2) is 4.39 Å². The highest BCUT2D eigenvalue weighted by molar-refractivity contribution is 5.80. The summed E-state index contributed by atoms with van der Waals surface area (Å²) in [5, 5.41) is 9.30. The van der Waals surface area contributed by atoms with Gasteiger partial charge < -0.3 is 14.7 Å². The van der Waals surface area contributed by atoms with Crippen molar-refractivity contribution in [2.45, 2.75) is 58.6 Å². The molecule has 188 valence electrons. The number of rotatable bonds is 8. The number of ether oxygens (including phenoxy) is 1. The van der Waals surface area contributed by atoms with Crippen LogP contribution in [0.15, 0.2) is 60.7 Å². The number of hydrogen-bond donors (Lipinski definition) is 1. The molecule has 36 heavy (non-hydrogen) atoms. The maximum absolute atomic E-state index is 14.9. The van der Waals surface area contributed by atoms with Crippen molar-refractivity contribution in [1.29, 1.82) is 0 Å². The molecule has 0 saturated carbocycles. The maximum Gasteiger partial charge on any atom is 0.307 e. The van der Waals surface area contributed by atoms with Crippen LogP contribution in [0.4, 0.5) is 4.39 Å². The second-order valence-corrected chi connectivity index (χ2v) is 9.70. The van der Waals surface area contributed by atoms with Crippen LogP contribution in [0.3, 0.4) is 0 Å². The van der Waals surface area contributed by atoms with Crippen LogP contribution in [0, 0.1) is 5.82 Å². The molecule has 1 aliphatic heterocycles. The molecule has 3 aromatic carbocycles. The van der Waals surface area contributed by atoms with Gasteiger partial charge in [0.15, 0.2) is 0 Å². The number of fused-ring (bicyclic) bond motifs is 1. The Morgan fingerprint density at radius 3 is 2.44 bits per heavy atom. The van der Waals surface area contributed by atoms with Crippen molar-refractivity contribution in [3.63, 3.8) is 0 Å². The van der Waals surface area contributed by atoms with Gasteiger partial charge in [0.1, 0.15) is 11.6 Å². The van der Waals surface area contributed by atoms with E-state index in [0.29, 0.717) is 48.4 Å². The van der Waals surface area contributed by atoms with E-state index in [1.807, 2.05) is 51.1 Å². The minimum absolute atomic E-state index is 0.0329. The van der Waals surface area contributed by atoms with E-state index in [-0.39, 0.29) is 30.2 Å². The van der Waals surface area contributed by atoms with Gasteiger partial charge in [-0.2, -0.15) is 0 Å². The largest absolute Gasteiger partial charge is 0.490 e. The summed E-state index contributed by atoms with van der Waals surface area (Å²) in [4.78, 5) is 26.4. The quantitative estimate of drug-likeness (QED) is 0.422. The van der Waals surface area contributed by atoms with Crippen LogP contribution in [-0.4, -0.2) is 34.5 Å². The number of carboxylic acids is 1. The van der Waals surface area contributed by atoms with Crippen molar-refractivity contribution in [2.75, 3.05) is 6.54 Å². The van der Waals surface area contributed by atoms with Crippen LogP contribution in [0.25, 0.3) is 11.1 Å². The van der Waals surface area contributed by atoms with E-state index in [1.165, 1.54) is 6.07 Å².